The molecule has 140 valence electrons. The van der Waals surface area contributed by atoms with Gasteiger partial charge in [0.05, 0.1) is 11.3 Å². The Balaban J connectivity index is 1.41. The summed E-state index contributed by atoms with van der Waals surface area (Å²) in [5.74, 6) is 0.736. The first kappa shape index (κ1) is 17.6. The predicted molar refractivity (Wildman–Crippen MR) is 108 cm³/mol. The average Bonchev–Trinajstić information content (AvgIpc) is 2.84. The van der Waals surface area contributed by atoms with Crippen molar-refractivity contribution in [2.24, 2.45) is 0 Å². The highest BCUT2D eigenvalue weighted by Crippen LogP contribution is 2.36. The zero-order valence-corrected chi connectivity index (χ0v) is 15.1. The van der Waals surface area contributed by atoms with Crippen molar-refractivity contribution in [3.63, 3.8) is 0 Å². The van der Waals surface area contributed by atoms with E-state index in [2.05, 4.69) is 16.0 Å². The summed E-state index contributed by atoms with van der Waals surface area (Å²) in [6.45, 7) is 0.514. The number of nitrogens with one attached hydrogen (secondary N) is 3. The Bertz CT molecular complexity index is 1020. The third-order valence-corrected chi connectivity index (χ3v) is 4.38. The van der Waals surface area contributed by atoms with E-state index in [0.717, 1.165) is 12.0 Å². The van der Waals surface area contributed by atoms with Crippen molar-refractivity contribution in [3.05, 3.63) is 83.9 Å². The molecule has 0 aromatic heterocycles. The molecule has 3 N–H and O–H groups in total. The average molecular weight is 373 g/mol. The maximum Gasteiger partial charge on any atom is 0.319 e. The van der Waals surface area contributed by atoms with Crippen LogP contribution in [0.15, 0.2) is 72.8 Å². The van der Waals surface area contributed by atoms with Crippen LogP contribution in [0.1, 0.15) is 15.9 Å². The Hall–Kier alpha value is -3.80. The fourth-order valence-electron chi connectivity index (χ4n) is 2.98. The van der Waals surface area contributed by atoms with Gasteiger partial charge in [-0.1, -0.05) is 42.5 Å². The van der Waals surface area contributed by atoms with Gasteiger partial charge in [0.2, 0.25) is 0 Å². The summed E-state index contributed by atoms with van der Waals surface area (Å²) < 4.78 is 5.84. The van der Waals surface area contributed by atoms with Crippen LogP contribution in [0.5, 0.6) is 11.5 Å². The number of para-hydroxylation sites is 2. The molecule has 0 aliphatic carbocycles. The van der Waals surface area contributed by atoms with Crippen LogP contribution < -0.4 is 20.7 Å². The van der Waals surface area contributed by atoms with Crippen LogP contribution in [-0.2, 0) is 6.42 Å². The normalized spacial score (nSPS) is 11.9. The largest absolute Gasteiger partial charge is 0.454 e. The topological polar surface area (TPSA) is 79.5 Å². The lowest BCUT2D eigenvalue weighted by Crippen LogP contribution is -2.30. The molecular weight excluding hydrogens is 354 g/mol. The van der Waals surface area contributed by atoms with Crippen molar-refractivity contribution in [1.29, 1.82) is 0 Å². The molecule has 3 aromatic carbocycles. The van der Waals surface area contributed by atoms with Crippen LogP contribution in [0.2, 0.25) is 0 Å². The highest BCUT2D eigenvalue weighted by atomic mass is 16.5. The third kappa shape index (κ3) is 3.96. The molecule has 1 aliphatic rings. The molecule has 0 saturated heterocycles. The second kappa shape index (κ2) is 7.84. The number of hydrogen-bond acceptors (Lipinski definition) is 3. The Morgan fingerprint density at radius 1 is 0.929 bits per heavy atom. The molecule has 4 rings (SSSR count). The Labute approximate surface area is 162 Å². The summed E-state index contributed by atoms with van der Waals surface area (Å²) in [7, 11) is 0. The minimum absolute atomic E-state index is 0.284. The molecule has 0 radical (unpaired) electrons. The molecule has 1 aliphatic heterocycles. The number of hydrogen-bond donors (Lipinski definition) is 3. The number of fused-ring (bicyclic) bond motifs is 2. The minimum atomic E-state index is -0.325. The summed E-state index contributed by atoms with van der Waals surface area (Å²) in [5.41, 5.74) is 2.64. The standard InChI is InChI=1S/C22H19N3O3/c26-21-17-14-16(24-22(27)23-13-12-15-6-2-1-3-7-15)10-11-19(17)28-20-9-5-4-8-18(20)25-21/h1-11,14H,12-13H2,(H,25,26)(H2,23,24,27). The van der Waals surface area contributed by atoms with Crippen molar-refractivity contribution in [3.8, 4) is 11.5 Å². The minimum Gasteiger partial charge on any atom is -0.454 e. The fraction of sp³-hybridized carbons (Fsp3) is 0.0909. The molecule has 0 unspecified atom stereocenters. The number of carbonyl (C=O) groups excluding carboxylic acids is 2. The molecule has 3 aromatic rings. The van der Waals surface area contributed by atoms with E-state index in [1.54, 1.807) is 30.3 Å². The van der Waals surface area contributed by atoms with Crippen LogP contribution >= 0.6 is 0 Å². The monoisotopic (exact) mass is 373 g/mol. The van der Waals surface area contributed by atoms with E-state index in [1.807, 2.05) is 42.5 Å². The summed E-state index contributed by atoms with van der Waals surface area (Å²) in [6, 6.07) is 21.8. The molecule has 0 atom stereocenters. The van der Waals surface area contributed by atoms with Crippen molar-refractivity contribution >= 4 is 23.3 Å². The highest BCUT2D eigenvalue weighted by Gasteiger charge is 2.21. The van der Waals surface area contributed by atoms with Gasteiger partial charge in [-0.25, -0.2) is 4.79 Å². The van der Waals surface area contributed by atoms with E-state index in [9.17, 15) is 9.59 Å². The number of amides is 3. The van der Waals surface area contributed by atoms with Crippen LogP contribution in [0.3, 0.4) is 0 Å². The summed E-state index contributed by atoms with van der Waals surface area (Å²) in [5, 5.41) is 8.39. The first-order valence-electron chi connectivity index (χ1n) is 9.00. The van der Waals surface area contributed by atoms with E-state index < -0.39 is 0 Å². The van der Waals surface area contributed by atoms with Gasteiger partial charge < -0.3 is 20.7 Å². The smallest absolute Gasteiger partial charge is 0.319 e. The second-order valence-corrected chi connectivity index (χ2v) is 6.38. The van der Waals surface area contributed by atoms with Gasteiger partial charge >= 0.3 is 6.03 Å². The SMILES string of the molecule is O=C(NCCc1ccccc1)Nc1ccc2c(c1)C(=O)Nc1ccccc1O2. The maximum absolute atomic E-state index is 12.5. The highest BCUT2D eigenvalue weighted by molar-refractivity contribution is 6.08. The van der Waals surface area contributed by atoms with E-state index >= 15 is 0 Å². The van der Waals surface area contributed by atoms with Crippen LogP contribution in [0, 0.1) is 0 Å². The molecule has 0 fully saturated rings. The Morgan fingerprint density at radius 2 is 1.71 bits per heavy atom. The van der Waals surface area contributed by atoms with Gasteiger partial charge in [-0.05, 0) is 42.3 Å². The fourth-order valence-corrected chi connectivity index (χ4v) is 2.98. The molecule has 6 nitrogen and oxygen atoms in total. The first-order chi connectivity index (χ1) is 13.7. The van der Waals surface area contributed by atoms with Crippen LogP contribution in [0.25, 0.3) is 0 Å². The zero-order valence-electron chi connectivity index (χ0n) is 15.1. The number of anilines is 2. The van der Waals surface area contributed by atoms with E-state index in [-0.39, 0.29) is 11.9 Å². The Kier molecular flexibility index (Phi) is 4.93. The summed E-state index contributed by atoms with van der Waals surface area (Å²) in [6.07, 6.45) is 0.743. The van der Waals surface area contributed by atoms with Crippen molar-refractivity contribution in [1.82, 2.24) is 5.32 Å². The molecule has 0 spiro atoms. The van der Waals surface area contributed by atoms with Crippen LogP contribution in [-0.4, -0.2) is 18.5 Å². The van der Waals surface area contributed by atoms with Gasteiger partial charge in [0.15, 0.2) is 5.75 Å². The van der Waals surface area contributed by atoms with Crippen molar-refractivity contribution in [2.45, 2.75) is 6.42 Å². The third-order valence-electron chi connectivity index (χ3n) is 4.38. The first-order valence-corrected chi connectivity index (χ1v) is 9.00. The van der Waals surface area contributed by atoms with E-state index in [1.165, 1.54) is 0 Å². The lowest BCUT2D eigenvalue weighted by atomic mass is 10.1. The molecule has 0 bridgehead atoms. The number of ether oxygens (including phenoxy) is 1. The lowest BCUT2D eigenvalue weighted by Gasteiger charge is -2.11. The maximum atomic E-state index is 12.5. The lowest BCUT2D eigenvalue weighted by molar-refractivity contribution is 0.102. The van der Waals surface area contributed by atoms with Gasteiger partial charge in [-0.3, -0.25) is 4.79 Å². The number of carbonyl (C=O) groups is 2. The Morgan fingerprint density at radius 3 is 2.57 bits per heavy atom. The second-order valence-electron chi connectivity index (χ2n) is 6.38. The molecular formula is C22H19N3O3. The van der Waals surface area contributed by atoms with Gasteiger partial charge in [0.25, 0.3) is 5.91 Å². The van der Waals surface area contributed by atoms with Gasteiger partial charge in [-0.2, -0.15) is 0 Å². The van der Waals surface area contributed by atoms with Gasteiger partial charge in [0, 0.05) is 12.2 Å². The van der Waals surface area contributed by atoms with Crippen LogP contribution in [0.4, 0.5) is 16.2 Å². The molecule has 6 heteroatoms. The number of benzene rings is 3. The molecule has 3 amide bonds. The predicted octanol–water partition coefficient (Wildman–Crippen LogP) is 4.41. The quantitative estimate of drug-likeness (QED) is 0.634. The molecule has 0 saturated carbocycles. The number of rotatable bonds is 4. The van der Waals surface area contributed by atoms with Gasteiger partial charge in [-0.15, -0.1) is 0 Å². The summed E-state index contributed by atoms with van der Waals surface area (Å²) in [4.78, 5) is 24.7. The van der Waals surface area contributed by atoms with E-state index in [0.29, 0.717) is 35.0 Å². The molecule has 1 heterocycles. The van der Waals surface area contributed by atoms with Gasteiger partial charge in [0.1, 0.15) is 5.75 Å². The molecule has 28 heavy (non-hydrogen) atoms. The summed E-state index contributed by atoms with van der Waals surface area (Å²) >= 11 is 0. The van der Waals surface area contributed by atoms with E-state index in [4.69, 9.17) is 4.74 Å². The van der Waals surface area contributed by atoms with Crippen molar-refractivity contribution in [2.75, 3.05) is 17.2 Å². The van der Waals surface area contributed by atoms with Crippen molar-refractivity contribution < 1.29 is 14.3 Å². The zero-order chi connectivity index (χ0) is 19.3. The number of urea groups is 1.